The van der Waals surface area contributed by atoms with Gasteiger partial charge >= 0.3 is 17.8 Å². The predicted molar refractivity (Wildman–Crippen MR) is 96.7 cm³/mol. The van der Waals surface area contributed by atoms with E-state index in [0.717, 1.165) is 34.6 Å². The molecule has 6 nitrogen and oxygen atoms in total. The summed E-state index contributed by atoms with van der Waals surface area (Å²) in [5.41, 5.74) is 2.39. The summed E-state index contributed by atoms with van der Waals surface area (Å²) in [6, 6.07) is 6.97. The average Bonchev–Trinajstić information content (AvgIpc) is 2.86. The molecule has 0 aromatic heterocycles. The van der Waals surface area contributed by atoms with E-state index in [2.05, 4.69) is 6.08 Å². The quantitative estimate of drug-likeness (QED) is 0.428. The Balaban J connectivity index is 1.52. The number of hydrogen-bond donors (Lipinski definition) is 0. The minimum absolute atomic E-state index is 0.0660. The first-order valence-electron chi connectivity index (χ1n) is 9.11. The Labute approximate surface area is 153 Å². The third kappa shape index (κ3) is 4.12. The van der Waals surface area contributed by atoms with Gasteiger partial charge in [-0.05, 0) is 51.2 Å². The smallest absolute Gasteiger partial charge is 0.334 e. The zero-order valence-electron chi connectivity index (χ0n) is 15.1. The second-order valence-corrected chi connectivity index (χ2v) is 6.72. The first-order chi connectivity index (χ1) is 12.6. The lowest BCUT2D eigenvalue weighted by atomic mass is 9.97. The topological polar surface area (TPSA) is 66.9 Å². The van der Waals surface area contributed by atoms with Gasteiger partial charge in [0.05, 0.1) is 6.54 Å². The highest BCUT2D eigenvalue weighted by molar-refractivity contribution is 6.44. The van der Waals surface area contributed by atoms with Crippen molar-refractivity contribution in [3.8, 4) is 5.75 Å². The minimum atomic E-state index is -0.764. The Bertz CT molecular complexity index is 724. The maximum atomic E-state index is 12.4. The summed E-state index contributed by atoms with van der Waals surface area (Å²) >= 11 is 0. The Morgan fingerprint density at radius 2 is 1.65 bits per heavy atom. The average molecular weight is 356 g/mol. The molecular weight excluding hydrogens is 332 g/mol. The van der Waals surface area contributed by atoms with Gasteiger partial charge < -0.3 is 4.74 Å². The highest BCUT2D eigenvalue weighted by Crippen LogP contribution is 2.22. The highest BCUT2D eigenvalue weighted by Gasteiger charge is 2.43. The van der Waals surface area contributed by atoms with Gasteiger partial charge in [0.25, 0.3) is 0 Å². The molecule has 0 bridgehead atoms. The van der Waals surface area contributed by atoms with Crippen molar-refractivity contribution in [1.29, 1.82) is 0 Å². The third-order valence-electron chi connectivity index (χ3n) is 4.78. The van der Waals surface area contributed by atoms with E-state index in [1.54, 1.807) is 0 Å². The van der Waals surface area contributed by atoms with Crippen LogP contribution in [0.4, 0.5) is 4.79 Å². The van der Waals surface area contributed by atoms with Gasteiger partial charge in [0, 0.05) is 6.54 Å². The van der Waals surface area contributed by atoms with Crippen LogP contribution in [-0.2, 0) is 9.59 Å². The Kier molecular flexibility index (Phi) is 5.71. The largest absolute Gasteiger partial charge is 0.492 e. The predicted octanol–water partition coefficient (Wildman–Crippen LogP) is 3.06. The van der Waals surface area contributed by atoms with Gasteiger partial charge in [0.1, 0.15) is 12.4 Å². The number of carbonyl (C=O) groups is 3. The maximum absolute atomic E-state index is 12.4. The van der Waals surface area contributed by atoms with Crippen LogP contribution < -0.4 is 4.74 Å². The van der Waals surface area contributed by atoms with Crippen molar-refractivity contribution in [2.45, 2.75) is 39.0 Å². The molecule has 0 radical (unpaired) electrons. The number of aryl methyl sites for hydroxylation is 1. The number of urea groups is 1. The second-order valence-electron chi connectivity index (χ2n) is 6.72. The number of imide groups is 2. The van der Waals surface area contributed by atoms with E-state index in [1.165, 1.54) is 12.0 Å². The molecule has 3 rings (SSSR count). The molecule has 138 valence electrons. The van der Waals surface area contributed by atoms with Crippen LogP contribution >= 0.6 is 0 Å². The Hall–Kier alpha value is -2.63. The molecule has 1 aliphatic carbocycles. The number of amides is 4. The lowest BCUT2D eigenvalue weighted by Crippen LogP contribution is -2.36. The number of carbonyl (C=O) groups excluding carboxylic acids is 3. The fourth-order valence-electron chi connectivity index (χ4n) is 3.22. The number of nitrogens with zero attached hydrogens (tertiary/aromatic N) is 2. The SMILES string of the molecule is Cc1ccc(OCCN2C(=O)C(=O)N(CCC3=CCCCC3)C2=O)cc1. The van der Waals surface area contributed by atoms with E-state index in [9.17, 15) is 14.4 Å². The first kappa shape index (κ1) is 18.2. The third-order valence-corrected chi connectivity index (χ3v) is 4.78. The summed E-state index contributed by atoms with van der Waals surface area (Å²) in [6.07, 6.45) is 7.24. The zero-order valence-corrected chi connectivity index (χ0v) is 15.1. The molecule has 0 saturated carbocycles. The van der Waals surface area contributed by atoms with Crippen molar-refractivity contribution in [2.75, 3.05) is 19.7 Å². The monoisotopic (exact) mass is 356 g/mol. The normalized spacial score (nSPS) is 17.7. The van der Waals surface area contributed by atoms with Crippen LogP contribution in [-0.4, -0.2) is 47.3 Å². The van der Waals surface area contributed by atoms with Crippen LogP contribution in [0.1, 0.15) is 37.7 Å². The van der Waals surface area contributed by atoms with E-state index < -0.39 is 17.8 Å². The standard InChI is InChI=1S/C20H24N2O4/c1-15-7-9-17(10-8-15)26-14-13-22-19(24)18(23)21(20(22)25)12-11-16-5-3-2-4-6-16/h5,7-10H,2-4,6,11-14H2,1H3. The summed E-state index contributed by atoms with van der Waals surface area (Å²) in [7, 11) is 0. The number of ether oxygens (including phenoxy) is 1. The van der Waals surface area contributed by atoms with Crippen LogP contribution in [0.2, 0.25) is 0 Å². The van der Waals surface area contributed by atoms with Crippen molar-refractivity contribution >= 4 is 17.8 Å². The molecule has 1 aliphatic heterocycles. The zero-order chi connectivity index (χ0) is 18.5. The Morgan fingerprint density at radius 3 is 2.31 bits per heavy atom. The number of rotatable bonds is 7. The van der Waals surface area contributed by atoms with Crippen LogP contribution in [0.15, 0.2) is 35.9 Å². The van der Waals surface area contributed by atoms with Crippen molar-refractivity contribution in [2.24, 2.45) is 0 Å². The first-order valence-corrected chi connectivity index (χ1v) is 9.11. The summed E-state index contributed by atoms with van der Waals surface area (Å²) in [5.74, 6) is -0.830. The molecular formula is C20H24N2O4. The fourth-order valence-corrected chi connectivity index (χ4v) is 3.22. The van der Waals surface area contributed by atoms with Gasteiger partial charge in [-0.1, -0.05) is 29.3 Å². The lowest BCUT2D eigenvalue weighted by molar-refractivity contribution is -0.143. The van der Waals surface area contributed by atoms with E-state index >= 15 is 0 Å². The molecule has 1 aromatic rings. The molecule has 0 N–H and O–H groups in total. The molecule has 0 atom stereocenters. The number of benzene rings is 1. The van der Waals surface area contributed by atoms with Gasteiger partial charge in [-0.15, -0.1) is 0 Å². The molecule has 1 fully saturated rings. The van der Waals surface area contributed by atoms with E-state index in [4.69, 9.17) is 4.74 Å². The van der Waals surface area contributed by atoms with Crippen molar-refractivity contribution in [3.63, 3.8) is 0 Å². The van der Waals surface area contributed by atoms with Gasteiger partial charge in [0.2, 0.25) is 0 Å². The molecule has 1 saturated heterocycles. The van der Waals surface area contributed by atoms with Crippen LogP contribution in [0.5, 0.6) is 5.75 Å². The number of hydrogen-bond acceptors (Lipinski definition) is 4. The molecule has 0 spiro atoms. The summed E-state index contributed by atoms with van der Waals surface area (Å²) < 4.78 is 5.56. The second kappa shape index (κ2) is 8.17. The van der Waals surface area contributed by atoms with E-state index in [0.29, 0.717) is 12.2 Å². The fraction of sp³-hybridized carbons (Fsp3) is 0.450. The van der Waals surface area contributed by atoms with Crippen LogP contribution in [0, 0.1) is 6.92 Å². The molecule has 0 unspecified atom stereocenters. The van der Waals surface area contributed by atoms with E-state index in [-0.39, 0.29) is 19.7 Å². The van der Waals surface area contributed by atoms with Crippen LogP contribution in [0.3, 0.4) is 0 Å². The minimum Gasteiger partial charge on any atom is -0.492 e. The lowest BCUT2D eigenvalue weighted by Gasteiger charge is -2.18. The maximum Gasteiger partial charge on any atom is 0.334 e. The summed E-state index contributed by atoms with van der Waals surface area (Å²) in [4.78, 5) is 38.7. The summed E-state index contributed by atoms with van der Waals surface area (Å²) in [6.45, 7) is 2.47. The molecule has 2 aliphatic rings. The Morgan fingerprint density at radius 1 is 0.962 bits per heavy atom. The van der Waals surface area contributed by atoms with Crippen LogP contribution in [0.25, 0.3) is 0 Å². The summed E-state index contributed by atoms with van der Waals surface area (Å²) in [5, 5.41) is 0. The molecule has 4 amide bonds. The number of allylic oxidation sites excluding steroid dienone is 1. The van der Waals surface area contributed by atoms with E-state index in [1.807, 2.05) is 31.2 Å². The van der Waals surface area contributed by atoms with Gasteiger partial charge in [-0.2, -0.15) is 0 Å². The van der Waals surface area contributed by atoms with Crippen molar-refractivity contribution in [3.05, 3.63) is 41.5 Å². The van der Waals surface area contributed by atoms with Gasteiger partial charge in [-0.3, -0.25) is 19.4 Å². The van der Waals surface area contributed by atoms with Crippen molar-refractivity contribution in [1.82, 2.24) is 9.80 Å². The highest BCUT2D eigenvalue weighted by atomic mass is 16.5. The van der Waals surface area contributed by atoms with Crippen molar-refractivity contribution < 1.29 is 19.1 Å². The molecule has 6 heteroatoms. The van der Waals surface area contributed by atoms with Gasteiger partial charge in [0.15, 0.2) is 0 Å². The molecule has 1 heterocycles. The molecule has 26 heavy (non-hydrogen) atoms. The van der Waals surface area contributed by atoms with Gasteiger partial charge in [-0.25, -0.2) is 4.79 Å². The molecule has 1 aromatic carbocycles.